The van der Waals surface area contributed by atoms with Gasteiger partial charge in [0.1, 0.15) is 5.82 Å². The van der Waals surface area contributed by atoms with Crippen molar-refractivity contribution in [1.29, 1.82) is 5.26 Å². The van der Waals surface area contributed by atoms with Crippen molar-refractivity contribution in [2.24, 2.45) is 0 Å². The monoisotopic (exact) mass is 356 g/mol. The van der Waals surface area contributed by atoms with Crippen LogP contribution >= 0.6 is 11.6 Å². The van der Waals surface area contributed by atoms with Gasteiger partial charge in [0.25, 0.3) is 0 Å². The van der Waals surface area contributed by atoms with Crippen LogP contribution in [0.25, 0.3) is 0 Å². The minimum atomic E-state index is 0.342. The normalized spacial score (nSPS) is 16.6. The molecule has 2 aromatic rings. The summed E-state index contributed by atoms with van der Waals surface area (Å²) in [5.74, 6) is 1.61. The molecule has 1 aliphatic rings. The molecule has 1 aliphatic heterocycles. The predicted molar refractivity (Wildman–Crippen MR) is 102 cm³/mol. The van der Waals surface area contributed by atoms with Gasteiger partial charge >= 0.3 is 0 Å². The summed E-state index contributed by atoms with van der Waals surface area (Å²) in [6.07, 6.45) is 2.81. The Bertz CT molecular complexity index is 800. The van der Waals surface area contributed by atoms with E-state index in [1.807, 2.05) is 37.2 Å². The van der Waals surface area contributed by atoms with Gasteiger partial charge in [-0.15, -0.1) is 0 Å². The van der Waals surface area contributed by atoms with Crippen molar-refractivity contribution in [2.75, 3.05) is 48.9 Å². The molecule has 1 aromatic carbocycles. The van der Waals surface area contributed by atoms with Crippen LogP contribution in [0.4, 0.5) is 17.5 Å². The Kier molecular flexibility index (Phi) is 4.95. The Labute approximate surface area is 153 Å². The van der Waals surface area contributed by atoms with Gasteiger partial charge in [0, 0.05) is 57.2 Å². The number of hydrogen-bond acceptors (Lipinski definition) is 6. The number of likely N-dealkylation sites (N-methyl/N-ethyl adjacent to an activating group) is 1. The van der Waals surface area contributed by atoms with E-state index < -0.39 is 0 Å². The fourth-order valence-corrected chi connectivity index (χ4v) is 3.28. The van der Waals surface area contributed by atoms with E-state index in [-0.39, 0.29) is 0 Å². The Hall–Kier alpha value is -2.52. The highest BCUT2D eigenvalue weighted by Gasteiger charge is 2.27. The number of benzene rings is 1. The molecular weight excluding hydrogens is 336 g/mol. The molecule has 0 radical (unpaired) electrons. The van der Waals surface area contributed by atoms with Crippen molar-refractivity contribution in [2.45, 2.75) is 12.5 Å². The summed E-state index contributed by atoms with van der Waals surface area (Å²) in [7, 11) is 5.93. The lowest BCUT2D eigenvalue weighted by Crippen LogP contribution is -2.35. The maximum absolute atomic E-state index is 9.14. The number of nitriles is 1. The van der Waals surface area contributed by atoms with Crippen LogP contribution in [-0.2, 0) is 0 Å². The molecule has 0 aliphatic carbocycles. The highest BCUT2D eigenvalue weighted by atomic mass is 35.5. The summed E-state index contributed by atoms with van der Waals surface area (Å²) in [4.78, 5) is 15.2. The Morgan fingerprint density at radius 2 is 2.08 bits per heavy atom. The summed E-state index contributed by atoms with van der Waals surface area (Å²) in [6, 6.07) is 9.94. The van der Waals surface area contributed by atoms with Gasteiger partial charge in [-0.2, -0.15) is 10.2 Å². The highest BCUT2D eigenvalue weighted by molar-refractivity contribution is 6.31. The molecule has 3 rings (SSSR count). The van der Waals surface area contributed by atoms with Crippen LogP contribution in [-0.4, -0.2) is 50.2 Å². The first kappa shape index (κ1) is 17.3. The van der Waals surface area contributed by atoms with E-state index >= 15 is 0 Å². The predicted octanol–water partition coefficient (Wildman–Crippen LogP) is 2.78. The second-order valence-corrected chi connectivity index (χ2v) is 6.86. The van der Waals surface area contributed by atoms with Crippen molar-refractivity contribution in [3.05, 3.63) is 41.0 Å². The topological polar surface area (TPSA) is 59.3 Å². The molecule has 6 nitrogen and oxygen atoms in total. The zero-order valence-corrected chi connectivity index (χ0v) is 15.4. The first-order valence-electron chi connectivity index (χ1n) is 8.17. The van der Waals surface area contributed by atoms with Crippen LogP contribution in [0.5, 0.6) is 0 Å². The molecule has 1 atom stereocenters. The molecule has 0 spiro atoms. The molecule has 7 heteroatoms. The lowest BCUT2D eigenvalue weighted by molar-refractivity contribution is 0.683. The summed E-state index contributed by atoms with van der Waals surface area (Å²) in [5, 5.41) is 9.73. The van der Waals surface area contributed by atoms with Crippen LogP contribution in [0.3, 0.4) is 0 Å². The lowest BCUT2D eigenvalue weighted by Gasteiger charge is -2.27. The van der Waals surface area contributed by atoms with Crippen LogP contribution in [0, 0.1) is 11.3 Å². The molecule has 1 unspecified atom stereocenters. The maximum Gasteiger partial charge on any atom is 0.226 e. The zero-order chi connectivity index (χ0) is 18.0. The van der Waals surface area contributed by atoms with Crippen molar-refractivity contribution < 1.29 is 0 Å². The quantitative estimate of drug-likeness (QED) is 0.839. The highest BCUT2D eigenvalue weighted by Crippen LogP contribution is 2.28. The first-order valence-corrected chi connectivity index (χ1v) is 8.54. The molecule has 0 saturated carbocycles. The van der Waals surface area contributed by atoms with Gasteiger partial charge < -0.3 is 14.7 Å². The van der Waals surface area contributed by atoms with Gasteiger partial charge in [-0.25, -0.2) is 4.98 Å². The Morgan fingerprint density at radius 1 is 1.28 bits per heavy atom. The Morgan fingerprint density at radius 3 is 2.80 bits per heavy atom. The SMILES string of the molecule is CN(C)c1nccc(N(C)C2CCN(c3cc(Cl)cc(C#N)c3)C2)n1. The van der Waals surface area contributed by atoms with E-state index in [1.165, 1.54) is 0 Å². The van der Waals surface area contributed by atoms with E-state index in [9.17, 15) is 0 Å². The van der Waals surface area contributed by atoms with E-state index in [0.717, 1.165) is 31.0 Å². The first-order chi connectivity index (χ1) is 12.0. The molecule has 0 bridgehead atoms. The standard InChI is InChI=1S/C18H21ClN6/c1-23(2)18-21-6-4-17(22-18)24(3)15-5-7-25(12-15)16-9-13(11-20)8-14(19)10-16/h4,6,8-10,15H,5,7,12H2,1-3H3. The van der Waals surface area contributed by atoms with Gasteiger partial charge in [-0.05, 0) is 30.7 Å². The second kappa shape index (κ2) is 7.16. The number of aromatic nitrogens is 2. The average molecular weight is 357 g/mol. The van der Waals surface area contributed by atoms with Crippen molar-refractivity contribution >= 4 is 29.1 Å². The van der Waals surface area contributed by atoms with Gasteiger partial charge in [-0.1, -0.05) is 11.6 Å². The fourth-order valence-electron chi connectivity index (χ4n) is 3.05. The molecule has 0 N–H and O–H groups in total. The van der Waals surface area contributed by atoms with Crippen LogP contribution < -0.4 is 14.7 Å². The molecule has 1 fully saturated rings. The molecule has 0 amide bonds. The largest absolute Gasteiger partial charge is 0.369 e. The zero-order valence-electron chi connectivity index (χ0n) is 14.6. The number of halogens is 1. The summed E-state index contributed by atoms with van der Waals surface area (Å²) in [6.45, 7) is 1.79. The fraction of sp³-hybridized carbons (Fsp3) is 0.389. The van der Waals surface area contributed by atoms with Crippen LogP contribution in [0.1, 0.15) is 12.0 Å². The minimum absolute atomic E-state index is 0.342. The number of anilines is 3. The maximum atomic E-state index is 9.14. The third kappa shape index (κ3) is 3.77. The van der Waals surface area contributed by atoms with Gasteiger partial charge in [-0.3, -0.25) is 0 Å². The van der Waals surface area contributed by atoms with Crippen molar-refractivity contribution in [1.82, 2.24) is 9.97 Å². The third-order valence-electron chi connectivity index (χ3n) is 4.48. The smallest absolute Gasteiger partial charge is 0.226 e. The van der Waals surface area contributed by atoms with Gasteiger partial charge in [0.15, 0.2) is 0 Å². The summed E-state index contributed by atoms with van der Waals surface area (Å²) < 4.78 is 0. The minimum Gasteiger partial charge on any atom is -0.369 e. The number of nitrogens with zero attached hydrogens (tertiary/aromatic N) is 6. The van der Waals surface area contributed by atoms with E-state index in [1.54, 1.807) is 12.3 Å². The summed E-state index contributed by atoms with van der Waals surface area (Å²) >= 11 is 6.14. The average Bonchev–Trinajstić information content (AvgIpc) is 3.10. The van der Waals surface area contributed by atoms with Gasteiger partial charge in [0.2, 0.25) is 5.95 Å². The molecule has 1 aromatic heterocycles. The third-order valence-corrected chi connectivity index (χ3v) is 4.70. The number of hydrogen-bond donors (Lipinski definition) is 0. The summed E-state index contributed by atoms with van der Waals surface area (Å²) in [5.41, 5.74) is 1.59. The van der Waals surface area contributed by atoms with Crippen LogP contribution in [0.2, 0.25) is 5.02 Å². The van der Waals surface area contributed by atoms with E-state index in [2.05, 4.69) is 32.9 Å². The second-order valence-electron chi connectivity index (χ2n) is 6.42. The molecule has 1 saturated heterocycles. The van der Waals surface area contributed by atoms with Crippen LogP contribution in [0.15, 0.2) is 30.5 Å². The lowest BCUT2D eigenvalue weighted by atomic mass is 10.2. The van der Waals surface area contributed by atoms with Crippen molar-refractivity contribution in [3.63, 3.8) is 0 Å². The van der Waals surface area contributed by atoms with Gasteiger partial charge in [0.05, 0.1) is 11.6 Å². The molecule has 25 heavy (non-hydrogen) atoms. The van der Waals surface area contributed by atoms with E-state index in [4.69, 9.17) is 16.9 Å². The van der Waals surface area contributed by atoms with E-state index in [0.29, 0.717) is 22.6 Å². The Balaban J connectivity index is 1.75. The molecular formula is C18H21ClN6. The molecule has 130 valence electrons. The van der Waals surface area contributed by atoms with Crippen molar-refractivity contribution in [3.8, 4) is 6.07 Å². The number of rotatable bonds is 4. The molecule has 2 heterocycles.